The molecule has 1 heterocycles. The van der Waals surface area contributed by atoms with Gasteiger partial charge in [0.2, 0.25) is 5.91 Å². The molecular weight excluding hydrogens is 350 g/mol. The van der Waals surface area contributed by atoms with E-state index in [2.05, 4.69) is 15.6 Å². The summed E-state index contributed by atoms with van der Waals surface area (Å²) in [4.78, 5) is 27.4. The number of benzene rings is 2. The number of anilines is 1. The zero-order valence-electron chi connectivity index (χ0n) is 14.1. The zero-order chi connectivity index (χ0) is 18.4. The number of amides is 2. The molecule has 3 aromatic rings. The molecule has 0 fully saturated rings. The van der Waals surface area contributed by atoms with Gasteiger partial charge in [-0.3, -0.25) is 4.79 Å². The van der Waals surface area contributed by atoms with Gasteiger partial charge in [-0.05, 0) is 24.3 Å². The first-order valence-corrected chi connectivity index (χ1v) is 8.81. The van der Waals surface area contributed by atoms with Crippen LogP contribution in [0.15, 0.2) is 60.0 Å². The molecule has 2 amide bonds. The predicted octanol–water partition coefficient (Wildman–Crippen LogP) is 4.06. The summed E-state index contributed by atoms with van der Waals surface area (Å²) < 4.78 is 5.16. The summed E-state index contributed by atoms with van der Waals surface area (Å²) in [5, 5.41) is 8.10. The number of thiazole rings is 1. The van der Waals surface area contributed by atoms with Crippen LogP contribution in [-0.4, -0.2) is 17.0 Å². The molecule has 0 aliphatic heterocycles. The van der Waals surface area contributed by atoms with Crippen molar-refractivity contribution in [3.8, 4) is 17.0 Å². The Morgan fingerprint density at radius 2 is 1.81 bits per heavy atom. The molecule has 2 N–H and O–H groups in total. The number of rotatable bonds is 5. The third-order valence-electron chi connectivity index (χ3n) is 3.39. The fraction of sp³-hybridized carbons (Fsp3) is 0.105. The normalized spacial score (nSPS) is 10.2. The predicted molar refractivity (Wildman–Crippen MR) is 101 cm³/mol. The van der Waals surface area contributed by atoms with Crippen LogP contribution in [0.2, 0.25) is 0 Å². The Hall–Kier alpha value is -3.19. The average Bonchev–Trinajstić information content (AvgIpc) is 3.10. The van der Waals surface area contributed by atoms with Crippen molar-refractivity contribution in [2.75, 3.05) is 5.32 Å². The second-order valence-electron chi connectivity index (χ2n) is 5.44. The molecule has 0 spiro atoms. The fourth-order valence-corrected chi connectivity index (χ4v) is 2.97. The third kappa shape index (κ3) is 4.90. The van der Waals surface area contributed by atoms with Crippen molar-refractivity contribution in [1.82, 2.24) is 10.3 Å². The van der Waals surface area contributed by atoms with Gasteiger partial charge in [0.05, 0.1) is 12.2 Å². The van der Waals surface area contributed by atoms with Gasteiger partial charge in [0.1, 0.15) is 10.8 Å². The van der Waals surface area contributed by atoms with Crippen LogP contribution in [-0.2, 0) is 11.3 Å². The first kappa shape index (κ1) is 17.6. The number of para-hydroxylation sites is 1. The van der Waals surface area contributed by atoms with Gasteiger partial charge >= 0.3 is 6.09 Å². The molecule has 7 heteroatoms. The minimum Gasteiger partial charge on any atom is -0.410 e. The largest absolute Gasteiger partial charge is 0.412 e. The molecule has 0 bridgehead atoms. The number of nitrogens with one attached hydrogen (secondary N) is 2. The number of ether oxygens (including phenoxy) is 1. The maximum Gasteiger partial charge on any atom is 0.412 e. The Labute approximate surface area is 154 Å². The molecule has 0 aliphatic carbocycles. The highest BCUT2D eigenvalue weighted by molar-refractivity contribution is 7.09. The van der Waals surface area contributed by atoms with Crippen molar-refractivity contribution in [2.45, 2.75) is 13.5 Å². The van der Waals surface area contributed by atoms with Crippen molar-refractivity contribution in [2.24, 2.45) is 0 Å². The molecule has 2 aromatic carbocycles. The second-order valence-corrected chi connectivity index (χ2v) is 6.38. The number of nitrogens with zero attached hydrogens (tertiary/aromatic N) is 1. The number of aromatic nitrogens is 1. The molecule has 26 heavy (non-hydrogen) atoms. The van der Waals surface area contributed by atoms with Gasteiger partial charge in [-0.15, -0.1) is 11.3 Å². The molecular formula is C19H17N3O3S. The molecule has 1 aromatic heterocycles. The Kier molecular flexibility index (Phi) is 5.60. The highest BCUT2D eigenvalue weighted by atomic mass is 32.1. The summed E-state index contributed by atoms with van der Waals surface area (Å²) in [6.07, 6.45) is -0.521. The maximum absolute atomic E-state index is 11.8. The summed E-state index contributed by atoms with van der Waals surface area (Å²) in [7, 11) is 0. The Morgan fingerprint density at radius 1 is 1.08 bits per heavy atom. The number of carbonyl (C=O) groups is 2. The minimum absolute atomic E-state index is 0.109. The molecule has 0 unspecified atom stereocenters. The van der Waals surface area contributed by atoms with Gasteiger partial charge in [0.15, 0.2) is 0 Å². The van der Waals surface area contributed by atoms with Crippen molar-refractivity contribution in [3.63, 3.8) is 0 Å². The van der Waals surface area contributed by atoms with E-state index >= 15 is 0 Å². The van der Waals surface area contributed by atoms with Crippen LogP contribution in [0.1, 0.15) is 11.9 Å². The van der Waals surface area contributed by atoms with Gasteiger partial charge in [-0.2, -0.15) is 0 Å². The monoisotopic (exact) mass is 367 g/mol. The van der Waals surface area contributed by atoms with Crippen LogP contribution in [0.3, 0.4) is 0 Å². The second kappa shape index (κ2) is 8.26. The molecule has 3 rings (SSSR count). The smallest absolute Gasteiger partial charge is 0.410 e. The first-order chi connectivity index (χ1) is 12.6. The third-order valence-corrected chi connectivity index (χ3v) is 4.24. The fourth-order valence-electron chi connectivity index (χ4n) is 2.23. The van der Waals surface area contributed by atoms with Crippen molar-refractivity contribution in [3.05, 3.63) is 65.0 Å². The summed E-state index contributed by atoms with van der Waals surface area (Å²) in [6.45, 7) is 1.76. The summed E-state index contributed by atoms with van der Waals surface area (Å²) in [5.74, 6) is 0.381. The molecule has 0 saturated heterocycles. The van der Waals surface area contributed by atoms with Crippen LogP contribution >= 0.6 is 11.3 Å². The Morgan fingerprint density at radius 3 is 2.50 bits per heavy atom. The summed E-state index contributed by atoms with van der Waals surface area (Å²) >= 11 is 1.46. The van der Waals surface area contributed by atoms with Crippen LogP contribution in [0.5, 0.6) is 5.75 Å². The lowest BCUT2D eigenvalue weighted by Gasteiger charge is -2.05. The lowest BCUT2D eigenvalue weighted by atomic mass is 10.1. The number of carbonyl (C=O) groups excluding carboxylic acids is 2. The lowest BCUT2D eigenvalue weighted by Crippen LogP contribution is -2.26. The highest BCUT2D eigenvalue weighted by Crippen LogP contribution is 2.23. The van der Waals surface area contributed by atoms with Crippen molar-refractivity contribution >= 4 is 29.0 Å². The van der Waals surface area contributed by atoms with Crippen molar-refractivity contribution < 1.29 is 14.3 Å². The standard InChI is InChI=1S/C19H17N3O3S/c1-13(23)21-15-9-7-14(8-10-15)17-12-26-18(22-17)11-20-19(24)25-16-5-3-2-4-6-16/h2-10,12H,11H2,1H3,(H,20,24)(H,21,23). The molecule has 0 saturated carbocycles. The molecule has 132 valence electrons. The highest BCUT2D eigenvalue weighted by Gasteiger charge is 2.08. The molecule has 0 atom stereocenters. The van der Waals surface area contributed by atoms with Crippen LogP contribution < -0.4 is 15.4 Å². The van der Waals surface area contributed by atoms with E-state index in [-0.39, 0.29) is 5.91 Å². The van der Waals surface area contributed by atoms with E-state index in [1.807, 2.05) is 35.7 Å². The van der Waals surface area contributed by atoms with Crippen LogP contribution in [0, 0.1) is 0 Å². The van der Waals surface area contributed by atoms with Crippen molar-refractivity contribution in [1.29, 1.82) is 0 Å². The molecule has 0 aliphatic rings. The zero-order valence-corrected chi connectivity index (χ0v) is 14.9. The Balaban J connectivity index is 1.56. The number of hydrogen-bond donors (Lipinski definition) is 2. The SMILES string of the molecule is CC(=O)Nc1ccc(-c2csc(CNC(=O)Oc3ccccc3)n2)cc1. The van der Waals surface area contributed by atoms with Gasteiger partial charge in [0.25, 0.3) is 0 Å². The van der Waals surface area contributed by atoms with Gasteiger partial charge in [-0.1, -0.05) is 30.3 Å². The minimum atomic E-state index is -0.521. The topological polar surface area (TPSA) is 80.3 Å². The lowest BCUT2D eigenvalue weighted by molar-refractivity contribution is -0.114. The van der Waals surface area contributed by atoms with E-state index in [0.717, 1.165) is 22.0 Å². The average molecular weight is 367 g/mol. The van der Waals surface area contributed by atoms with E-state index in [0.29, 0.717) is 12.3 Å². The maximum atomic E-state index is 11.8. The van der Waals surface area contributed by atoms with Crippen LogP contribution in [0.4, 0.5) is 10.5 Å². The number of hydrogen-bond acceptors (Lipinski definition) is 5. The Bertz CT molecular complexity index is 892. The van der Waals surface area contributed by atoms with E-state index < -0.39 is 6.09 Å². The molecule has 0 radical (unpaired) electrons. The van der Waals surface area contributed by atoms with Gasteiger partial charge in [-0.25, -0.2) is 9.78 Å². The first-order valence-electron chi connectivity index (χ1n) is 7.93. The van der Waals surface area contributed by atoms with E-state index in [9.17, 15) is 9.59 Å². The summed E-state index contributed by atoms with van der Waals surface area (Å²) in [6, 6.07) is 16.3. The quantitative estimate of drug-likeness (QED) is 0.713. The van der Waals surface area contributed by atoms with Gasteiger partial charge < -0.3 is 15.4 Å². The van der Waals surface area contributed by atoms with E-state index in [1.54, 1.807) is 24.3 Å². The molecule has 6 nitrogen and oxygen atoms in total. The summed E-state index contributed by atoms with van der Waals surface area (Å²) in [5.41, 5.74) is 2.49. The van der Waals surface area contributed by atoms with E-state index in [1.165, 1.54) is 18.3 Å². The van der Waals surface area contributed by atoms with E-state index in [4.69, 9.17) is 4.74 Å². The van der Waals surface area contributed by atoms with Crippen LogP contribution in [0.25, 0.3) is 11.3 Å². The van der Waals surface area contributed by atoms with Gasteiger partial charge in [0, 0.05) is 23.6 Å².